The first-order valence-electron chi connectivity index (χ1n) is 7.42. The number of rotatable bonds is 4. The van der Waals surface area contributed by atoms with Crippen LogP contribution < -0.4 is 0 Å². The Balaban J connectivity index is 2.23. The van der Waals surface area contributed by atoms with Gasteiger partial charge in [-0.1, -0.05) is 0 Å². The number of ketones is 2. The van der Waals surface area contributed by atoms with Crippen LogP contribution in [0.5, 0.6) is 0 Å². The number of aromatic amines is 1. The zero-order chi connectivity index (χ0) is 15.7. The molecule has 0 spiro atoms. The Morgan fingerprint density at radius 1 is 1.38 bits per heavy atom. The van der Waals surface area contributed by atoms with Gasteiger partial charge in [0.2, 0.25) is 0 Å². The predicted octanol–water partition coefficient (Wildman–Crippen LogP) is 2.13. The normalized spacial score (nSPS) is 21.3. The number of H-pyrrole nitrogens is 1. The fourth-order valence-electron chi connectivity index (χ4n) is 3.10. The molecule has 2 unspecified atom stereocenters. The lowest BCUT2D eigenvalue weighted by atomic mass is 10.0. The summed E-state index contributed by atoms with van der Waals surface area (Å²) in [5, 5.41) is 0. The van der Waals surface area contributed by atoms with Crippen molar-refractivity contribution in [1.82, 2.24) is 9.88 Å². The molecule has 1 aromatic rings. The third kappa shape index (κ3) is 3.09. The molecule has 1 aliphatic heterocycles. The van der Waals surface area contributed by atoms with Crippen LogP contribution in [0.4, 0.5) is 0 Å². The van der Waals surface area contributed by atoms with Crippen LogP contribution in [0.3, 0.4) is 0 Å². The molecule has 0 bridgehead atoms. The van der Waals surface area contributed by atoms with E-state index in [4.69, 9.17) is 4.74 Å². The number of morpholine rings is 1. The predicted molar refractivity (Wildman–Crippen MR) is 81.1 cm³/mol. The lowest BCUT2D eigenvalue weighted by Crippen LogP contribution is -2.48. The van der Waals surface area contributed by atoms with Gasteiger partial charge in [-0.25, -0.2) is 0 Å². The summed E-state index contributed by atoms with van der Waals surface area (Å²) in [4.78, 5) is 29.6. The molecular weight excluding hydrogens is 268 g/mol. The maximum atomic E-state index is 12.7. The van der Waals surface area contributed by atoms with Crippen LogP contribution in [-0.2, 0) is 4.74 Å². The van der Waals surface area contributed by atoms with E-state index in [1.54, 1.807) is 0 Å². The summed E-state index contributed by atoms with van der Waals surface area (Å²) >= 11 is 0. The highest BCUT2D eigenvalue weighted by Gasteiger charge is 2.29. The fourth-order valence-corrected chi connectivity index (χ4v) is 3.10. The molecule has 116 valence electrons. The van der Waals surface area contributed by atoms with Crippen molar-refractivity contribution in [1.29, 1.82) is 0 Å². The average molecular weight is 292 g/mol. The minimum absolute atomic E-state index is 0.00653. The Morgan fingerprint density at radius 3 is 2.57 bits per heavy atom. The first kappa shape index (κ1) is 15.9. The topological polar surface area (TPSA) is 62.4 Å². The van der Waals surface area contributed by atoms with Gasteiger partial charge in [-0.05, 0) is 40.2 Å². The zero-order valence-corrected chi connectivity index (χ0v) is 13.4. The van der Waals surface area contributed by atoms with Gasteiger partial charge in [-0.3, -0.25) is 14.5 Å². The monoisotopic (exact) mass is 292 g/mol. The van der Waals surface area contributed by atoms with Crippen molar-refractivity contribution in [2.45, 2.75) is 46.8 Å². The van der Waals surface area contributed by atoms with Crippen LogP contribution in [0, 0.1) is 13.8 Å². The van der Waals surface area contributed by atoms with Crippen molar-refractivity contribution in [3.05, 3.63) is 22.5 Å². The molecule has 1 aromatic heterocycles. The van der Waals surface area contributed by atoms with Gasteiger partial charge in [0.05, 0.1) is 24.4 Å². The van der Waals surface area contributed by atoms with Crippen molar-refractivity contribution in [2.75, 3.05) is 19.7 Å². The molecule has 2 atom stereocenters. The van der Waals surface area contributed by atoms with Gasteiger partial charge in [0.25, 0.3) is 0 Å². The molecule has 2 rings (SSSR count). The van der Waals surface area contributed by atoms with E-state index in [1.807, 2.05) is 27.7 Å². The molecular formula is C16H24N2O3. The second-order valence-electron chi connectivity index (χ2n) is 5.90. The molecule has 21 heavy (non-hydrogen) atoms. The minimum Gasteiger partial charge on any atom is -0.376 e. The summed E-state index contributed by atoms with van der Waals surface area (Å²) < 4.78 is 5.52. The highest BCUT2D eigenvalue weighted by atomic mass is 16.5. The number of ether oxygens (including phenoxy) is 1. The molecule has 5 nitrogen and oxygen atoms in total. The minimum atomic E-state index is -0.215. The molecule has 0 radical (unpaired) electrons. The number of aryl methyl sites for hydroxylation is 1. The number of carbonyl (C=O) groups is 2. The van der Waals surface area contributed by atoms with Crippen LogP contribution >= 0.6 is 0 Å². The fraction of sp³-hybridized carbons (Fsp3) is 0.625. The van der Waals surface area contributed by atoms with Gasteiger partial charge in [0, 0.05) is 24.3 Å². The maximum absolute atomic E-state index is 12.7. The average Bonchev–Trinajstić information content (AvgIpc) is 2.72. The smallest absolute Gasteiger partial charge is 0.196 e. The van der Waals surface area contributed by atoms with Crippen LogP contribution in [0.2, 0.25) is 0 Å². The molecule has 1 saturated heterocycles. The van der Waals surface area contributed by atoms with Crippen molar-refractivity contribution >= 4 is 11.6 Å². The van der Waals surface area contributed by atoms with Crippen LogP contribution in [0.15, 0.2) is 0 Å². The highest BCUT2D eigenvalue weighted by Crippen LogP contribution is 2.21. The third-order valence-corrected chi connectivity index (χ3v) is 4.24. The van der Waals surface area contributed by atoms with Crippen molar-refractivity contribution < 1.29 is 14.3 Å². The van der Waals surface area contributed by atoms with E-state index < -0.39 is 0 Å². The molecule has 5 heteroatoms. The maximum Gasteiger partial charge on any atom is 0.196 e. The van der Waals surface area contributed by atoms with Gasteiger partial charge in [0.1, 0.15) is 0 Å². The summed E-state index contributed by atoms with van der Waals surface area (Å²) in [7, 11) is 0. The van der Waals surface area contributed by atoms with Gasteiger partial charge < -0.3 is 9.72 Å². The Bertz CT molecular complexity index is 562. The van der Waals surface area contributed by atoms with Crippen LogP contribution in [0.1, 0.15) is 52.9 Å². The molecule has 0 aliphatic carbocycles. The zero-order valence-electron chi connectivity index (χ0n) is 13.4. The second-order valence-corrected chi connectivity index (χ2v) is 5.90. The summed E-state index contributed by atoms with van der Waals surface area (Å²) in [6, 6.07) is -0.215. The molecule has 2 heterocycles. The first-order chi connectivity index (χ1) is 9.82. The summed E-state index contributed by atoms with van der Waals surface area (Å²) in [5.41, 5.74) is 2.73. The van der Waals surface area contributed by atoms with Crippen molar-refractivity contribution in [2.24, 2.45) is 0 Å². The molecule has 0 amide bonds. The summed E-state index contributed by atoms with van der Waals surface area (Å²) in [6.45, 7) is 11.3. The summed E-state index contributed by atoms with van der Waals surface area (Å²) in [5.74, 6) is 0.0325. The lowest BCUT2D eigenvalue weighted by molar-refractivity contribution is -0.0278. The van der Waals surface area contributed by atoms with Gasteiger partial charge in [-0.15, -0.1) is 0 Å². The number of carbonyl (C=O) groups excluding carboxylic acids is 2. The highest BCUT2D eigenvalue weighted by molar-refractivity contribution is 6.05. The van der Waals surface area contributed by atoms with E-state index in [1.165, 1.54) is 6.92 Å². The second kappa shape index (κ2) is 6.12. The standard InChI is InChI=1S/C16H24N2O3/c1-9-8-18(6-7-21-9)12(4)16(20)15-10(2)14(13(5)19)11(3)17-15/h9,12,17H,6-8H2,1-5H3. The van der Waals surface area contributed by atoms with E-state index in [-0.39, 0.29) is 23.7 Å². The van der Waals surface area contributed by atoms with E-state index in [9.17, 15) is 9.59 Å². The number of hydrogen-bond acceptors (Lipinski definition) is 4. The number of nitrogens with zero attached hydrogens (tertiary/aromatic N) is 1. The van der Waals surface area contributed by atoms with Gasteiger partial charge in [0.15, 0.2) is 11.6 Å². The first-order valence-corrected chi connectivity index (χ1v) is 7.42. The van der Waals surface area contributed by atoms with Crippen LogP contribution in [0.25, 0.3) is 0 Å². The quantitative estimate of drug-likeness (QED) is 0.864. The van der Waals surface area contributed by atoms with E-state index >= 15 is 0 Å². The molecule has 1 aliphatic rings. The Hall–Kier alpha value is -1.46. The third-order valence-electron chi connectivity index (χ3n) is 4.24. The van der Waals surface area contributed by atoms with Gasteiger partial charge >= 0.3 is 0 Å². The number of hydrogen-bond donors (Lipinski definition) is 1. The van der Waals surface area contributed by atoms with E-state index in [2.05, 4.69) is 9.88 Å². The lowest BCUT2D eigenvalue weighted by Gasteiger charge is -2.34. The van der Waals surface area contributed by atoms with E-state index in [0.29, 0.717) is 17.9 Å². The SMILES string of the molecule is CC(=O)c1c(C)[nH]c(C(=O)C(C)N2CCOC(C)C2)c1C. The Labute approximate surface area is 125 Å². The molecule has 0 aromatic carbocycles. The van der Waals surface area contributed by atoms with Crippen molar-refractivity contribution in [3.63, 3.8) is 0 Å². The Kier molecular flexibility index (Phi) is 4.64. The molecule has 0 saturated carbocycles. The number of nitrogens with one attached hydrogen (secondary N) is 1. The largest absolute Gasteiger partial charge is 0.376 e. The number of Topliss-reactive ketones (excluding diaryl/α,β-unsaturated/α-hetero) is 2. The summed E-state index contributed by atoms with van der Waals surface area (Å²) in [6.07, 6.45) is 0.147. The van der Waals surface area contributed by atoms with E-state index in [0.717, 1.165) is 24.3 Å². The van der Waals surface area contributed by atoms with Crippen molar-refractivity contribution in [3.8, 4) is 0 Å². The van der Waals surface area contributed by atoms with Crippen LogP contribution in [-0.4, -0.2) is 53.3 Å². The number of aromatic nitrogens is 1. The Morgan fingerprint density at radius 2 is 2.05 bits per heavy atom. The molecule has 1 N–H and O–H groups in total. The van der Waals surface area contributed by atoms with Gasteiger partial charge in [-0.2, -0.15) is 0 Å². The molecule has 1 fully saturated rings.